The van der Waals surface area contributed by atoms with Gasteiger partial charge in [-0.2, -0.15) is 4.98 Å². The number of aromatic nitrogens is 2. The van der Waals surface area contributed by atoms with Gasteiger partial charge < -0.3 is 15.2 Å². The van der Waals surface area contributed by atoms with Crippen molar-refractivity contribution in [2.75, 3.05) is 13.6 Å². The Bertz CT molecular complexity index is 588. The first-order valence-electron chi connectivity index (χ1n) is 6.79. The number of rotatable bonds is 5. The summed E-state index contributed by atoms with van der Waals surface area (Å²) in [6.07, 6.45) is 0. The van der Waals surface area contributed by atoms with Gasteiger partial charge >= 0.3 is 0 Å². The summed E-state index contributed by atoms with van der Waals surface area (Å²) in [5.74, 6) is 1.90. The smallest absolute Gasteiger partial charge is 0.246 e. The van der Waals surface area contributed by atoms with Crippen LogP contribution in [0.25, 0.3) is 0 Å². The third-order valence-corrected chi connectivity index (χ3v) is 4.32. The Morgan fingerprint density at radius 3 is 2.81 bits per heavy atom. The summed E-state index contributed by atoms with van der Waals surface area (Å²) in [5, 5.41) is 12.3. The van der Waals surface area contributed by atoms with Gasteiger partial charge in [0, 0.05) is 23.9 Å². The first-order chi connectivity index (χ1) is 10.0. The molecule has 7 heteroatoms. The molecular formula is C14H21N5OS. The van der Waals surface area contributed by atoms with Crippen molar-refractivity contribution in [2.45, 2.75) is 32.7 Å². The molecule has 2 N–H and O–H groups in total. The van der Waals surface area contributed by atoms with Gasteiger partial charge in [0.1, 0.15) is 0 Å². The molecule has 0 spiro atoms. The summed E-state index contributed by atoms with van der Waals surface area (Å²) in [4.78, 5) is 9.69. The van der Waals surface area contributed by atoms with Crippen molar-refractivity contribution < 1.29 is 4.52 Å². The summed E-state index contributed by atoms with van der Waals surface area (Å²) >= 11 is 1.77. The molecule has 0 aliphatic heterocycles. The number of hydrogen-bond acceptors (Lipinski definition) is 5. The molecule has 0 saturated heterocycles. The molecule has 0 atom stereocenters. The van der Waals surface area contributed by atoms with E-state index in [-0.39, 0.29) is 5.41 Å². The van der Waals surface area contributed by atoms with Gasteiger partial charge in [-0.3, -0.25) is 4.99 Å². The lowest BCUT2D eigenvalue weighted by Crippen LogP contribution is -2.43. The molecule has 2 aromatic rings. The minimum Gasteiger partial charge on any atom is -0.356 e. The summed E-state index contributed by atoms with van der Waals surface area (Å²) in [7, 11) is 1.74. The summed E-state index contributed by atoms with van der Waals surface area (Å²) < 4.78 is 5.06. The molecule has 0 fully saturated rings. The van der Waals surface area contributed by atoms with E-state index in [0.29, 0.717) is 18.3 Å². The predicted molar refractivity (Wildman–Crippen MR) is 84.6 cm³/mol. The highest BCUT2D eigenvalue weighted by Crippen LogP contribution is 2.26. The maximum absolute atomic E-state index is 5.06. The molecule has 0 aliphatic rings. The van der Waals surface area contributed by atoms with Gasteiger partial charge in [-0.1, -0.05) is 25.1 Å². The van der Waals surface area contributed by atoms with Gasteiger partial charge in [0.2, 0.25) is 5.89 Å². The Morgan fingerprint density at radius 1 is 1.43 bits per heavy atom. The average molecular weight is 307 g/mol. The largest absolute Gasteiger partial charge is 0.356 e. The van der Waals surface area contributed by atoms with Crippen LogP contribution in [0.2, 0.25) is 0 Å². The van der Waals surface area contributed by atoms with Crippen molar-refractivity contribution in [1.82, 2.24) is 20.8 Å². The standard InChI is InChI=1S/C14H21N5OS/c1-10-18-12(20-19-10)8-16-13(15-4)17-9-14(2,3)11-6-5-7-21-11/h5-7H,8-9H2,1-4H3,(H2,15,16,17). The molecule has 2 heterocycles. The summed E-state index contributed by atoms with van der Waals surface area (Å²) in [6.45, 7) is 7.46. The fraction of sp³-hybridized carbons (Fsp3) is 0.500. The number of guanidine groups is 1. The predicted octanol–water partition coefficient (Wildman–Crippen LogP) is 2.08. The Morgan fingerprint density at radius 2 is 2.24 bits per heavy atom. The van der Waals surface area contributed by atoms with Crippen LogP contribution in [-0.2, 0) is 12.0 Å². The van der Waals surface area contributed by atoms with E-state index in [4.69, 9.17) is 4.52 Å². The fourth-order valence-electron chi connectivity index (χ4n) is 1.85. The quantitative estimate of drug-likeness (QED) is 0.653. The average Bonchev–Trinajstić information content (AvgIpc) is 3.10. The second kappa shape index (κ2) is 6.71. The zero-order valence-corrected chi connectivity index (χ0v) is 13.6. The topological polar surface area (TPSA) is 75.3 Å². The summed E-state index contributed by atoms with van der Waals surface area (Å²) in [5.41, 5.74) is 0.0485. The van der Waals surface area contributed by atoms with Crippen molar-refractivity contribution in [2.24, 2.45) is 4.99 Å². The Balaban J connectivity index is 1.85. The zero-order chi connectivity index (χ0) is 15.3. The minimum atomic E-state index is 0.0485. The Labute approximate surface area is 128 Å². The second-order valence-electron chi connectivity index (χ2n) is 5.38. The summed E-state index contributed by atoms with van der Waals surface area (Å²) in [6, 6.07) is 4.23. The normalized spacial score (nSPS) is 12.5. The molecule has 0 saturated carbocycles. The van der Waals surface area contributed by atoms with Gasteiger partial charge in [0.15, 0.2) is 11.8 Å². The number of aliphatic imine (C=N–C) groups is 1. The van der Waals surface area contributed by atoms with Gasteiger partial charge in [-0.15, -0.1) is 11.3 Å². The van der Waals surface area contributed by atoms with Crippen molar-refractivity contribution in [1.29, 1.82) is 0 Å². The second-order valence-corrected chi connectivity index (χ2v) is 6.32. The van der Waals surface area contributed by atoms with E-state index in [0.717, 1.165) is 12.5 Å². The van der Waals surface area contributed by atoms with E-state index in [9.17, 15) is 0 Å². The van der Waals surface area contributed by atoms with Crippen molar-refractivity contribution >= 4 is 17.3 Å². The van der Waals surface area contributed by atoms with Crippen molar-refractivity contribution in [3.8, 4) is 0 Å². The Kier molecular flexibility index (Phi) is 4.95. The Hall–Kier alpha value is -1.89. The number of nitrogens with one attached hydrogen (secondary N) is 2. The molecule has 0 bridgehead atoms. The molecule has 114 valence electrons. The number of thiophene rings is 1. The van der Waals surface area contributed by atoms with Crippen LogP contribution in [0.3, 0.4) is 0 Å². The van der Waals surface area contributed by atoms with Crippen LogP contribution in [0.15, 0.2) is 27.0 Å². The van der Waals surface area contributed by atoms with Crippen LogP contribution in [0.1, 0.15) is 30.4 Å². The number of hydrogen-bond donors (Lipinski definition) is 2. The molecule has 0 radical (unpaired) electrons. The van der Waals surface area contributed by atoms with Gasteiger partial charge in [-0.25, -0.2) is 0 Å². The maximum Gasteiger partial charge on any atom is 0.246 e. The van der Waals surface area contributed by atoms with E-state index >= 15 is 0 Å². The van der Waals surface area contributed by atoms with E-state index < -0.39 is 0 Å². The van der Waals surface area contributed by atoms with Crippen molar-refractivity contribution in [3.05, 3.63) is 34.1 Å². The van der Waals surface area contributed by atoms with Crippen LogP contribution < -0.4 is 10.6 Å². The highest BCUT2D eigenvalue weighted by Gasteiger charge is 2.21. The van der Waals surface area contributed by atoms with Gasteiger partial charge in [0.25, 0.3) is 0 Å². The van der Waals surface area contributed by atoms with Gasteiger partial charge in [-0.05, 0) is 18.4 Å². The first kappa shape index (κ1) is 15.5. The third-order valence-electron chi connectivity index (χ3n) is 3.09. The molecule has 2 aromatic heterocycles. The molecule has 0 aromatic carbocycles. The monoisotopic (exact) mass is 307 g/mol. The van der Waals surface area contributed by atoms with E-state index in [2.05, 4.69) is 57.1 Å². The van der Waals surface area contributed by atoms with E-state index in [1.165, 1.54) is 4.88 Å². The van der Waals surface area contributed by atoms with Crippen LogP contribution in [0.5, 0.6) is 0 Å². The van der Waals surface area contributed by atoms with E-state index in [1.54, 1.807) is 25.3 Å². The highest BCUT2D eigenvalue weighted by atomic mass is 32.1. The third kappa shape index (κ3) is 4.29. The van der Waals surface area contributed by atoms with E-state index in [1.807, 2.05) is 0 Å². The molecule has 0 aliphatic carbocycles. The maximum atomic E-state index is 5.06. The lowest BCUT2D eigenvalue weighted by atomic mass is 9.91. The number of aryl methyl sites for hydroxylation is 1. The molecule has 6 nitrogen and oxygen atoms in total. The van der Waals surface area contributed by atoms with Crippen LogP contribution in [0, 0.1) is 6.92 Å². The molecule has 2 rings (SSSR count). The first-order valence-corrected chi connectivity index (χ1v) is 7.67. The van der Waals surface area contributed by atoms with Crippen LogP contribution in [-0.4, -0.2) is 29.7 Å². The lowest BCUT2D eigenvalue weighted by molar-refractivity contribution is 0.371. The molecular weight excluding hydrogens is 286 g/mol. The molecule has 0 amide bonds. The van der Waals surface area contributed by atoms with Crippen molar-refractivity contribution in [3.63, 3.8) is 0 Å². The molecule has 21 heavy (non-hydrogen) atoms. The fourth-order valence-corrected chi connectivity index (χ4v) is 2.70. The van der Waals surface area contributed by atoms with Crippen LogP contribution in [0.4, 0.5) is 0 Å². The zero-order valence-electron chi connectivity index (χ0n) is 12.8. The highest BCUT2D eigenvalue weighted by molar-refractivity contribution is 7.10. The lowest BCUT2D eigenvalue weighted by Gasteiger charge is -2.24. The SMILES string of the molecule is CN=C(NCc1nc(C)no1)NCC(C)(C)c1cccs1. The molecule has 0 unspecified atom stereocenters. The number of nitrogens with zero attached hydrogens (tertiary/aromatic N) is 3. The van der Waals surface area contributed by atoms with Gasteiger partial charge in [0.05, 0.1) is 6.54 Å². The van der Waals surface area contributed by atoms with Crippen LogP contribution >= 0.6 is 11.3 Å². The minimum absolute atomic E-state index is 0.0485.